The molecule has 2 aromatic rings. The number of hydrogen-bond donors (Lipinski definition) is 1. The lowest BCUT2D eigenvalue weighted by molar-refractivity contribution is 0.171. The van der Waals surface area contributed by atoms with E-state index in [1.54, 1.807) is 6.33 Å². The molecule has 0 bridgehead atoms. The van der Waals surface area contributed by atoms with Gasteiger partial charge in [0.2, 0.25) is 0 Å². The highest BCUT2D eigenvalue weighted by Gasteiger charge is 2.12. The summed E-state index contributed by atoms with van der Waals surface area (Å²) in [4.78, 5) is 7.01. The maximum Gasteiger partial charge on any atom is 0.162 e. The van der Waals surface area contributed by atoms with Crippen molar-refractivity contribution in [2.24, 2.45) is 0 Å². The first-order valence-corrected chi connectivity index (χ1v) is 5.68. The van der Waals surface area contributed by atoms with E-state index in [0.29, 0.717) is 17.9 Å². The molecule has 0 aliphatic carbocycles. The van der Waals surface area contributed by atoms with Crippen LogP contribution in [0, 0.1) is 4.64 Å². The topological polar surface area (TPSA) is 47.1 Å². The number of aromatic nitrogens is 2. The van der Waals surface area contributed by atoms with Crippen molar-refractivity contribution in [3.8, 4) is 22.8 Å². The van der Waals surface area contributed by atoms with Gasteiger partial charge in [0, 0.05) is 11.3 Å². The second-order valence-corrected chi connectivity index (χ2v) is 4.08. The SMILES string of the molecule is S=c1cc(-c2ccc3c(c2)OCCO3)[nH]cn1. The predicted octanol–water partition coefficient (Wildman–Crippen LogP) is 2.58. The van der Waals surface area contributed by atoms with Crippen LogP contribution in [0.5, 0.6) is 11.5 Å². The number of H-pyrrole nitrogens is 1. The lowest BCUT2D eigenvalue weighted by Gasteiger charge is -2.18. The number of ether oxygens (including phenoxy) is 2. The maximum absolute atomic E-state index is 5.54. The van der Waals surface area contributed by atoms with Crippen LogP contribution in [0.15, 0.2) is 30.6 Å². The minimum absolute atomic E-state index is 0.564. The van der Waals surface area contributed by atoms with Crippen LogP contribution in [0.3, 0.4) is 0 Å². The van der Waals surface area contributed by atoms with Gasteiger partial charge in [0.05, 0.1) is 6.33 Å². The summed E-state index contributed by atoms with van der Waals surface area (Å²) in [7, 11) is 0. The second kappa shape index (κ2) is 4.18. The zero-order chi connectivity index (χ0) is 11.7. The van der Waals surface area contributed by atoms with E-state index in [1.807, 2.05) is 24.3 Å². The Morgan fingerprint density at radius 2 is 1.94 bits per heavy atom. The van der Waals surface area contributed by atoms with Gasteiger partial charge in [-0.15, -0.1) is 0 Å². The van der Waals surface area contributed by atoms with E-state index in [0.717, 1.165) is 22.8 Å². The van der Waals surface area contributed by atoms with Crippen LogP contribution in [-0.2, 0) is 0 Å². The van der Waals surface area contributed by atoms with E-state index in [4.69, 9.17) is 21.7 Å². The van der Waals surface area contributed by atoms with Gasteiger partial charge < -0.3 is 14.5 Å². The lowest BCUT2D eigenvalue weighted by atomic mass is 10.1. The quantitative estimate of drug-likeness (QED) is 0.786. The number of rotatable bonds is 1. The molecule has 0 spiro atoms. The highest BCUT2D eigenvalue weighted by Crippen LogP contribution is 2.33. The van der Waals surface area contributed by atoms with Crippen LogP contribution in [0.4, 0.5) is 0 Å². The Labute approximate surface area is 103 Å². The molecule has 2 heterocycles. The highest BCUT2D eigenvalue weighted by atomic mass is 32.1. The zero-order valence-corrected chi connectivity index (χ0v) is 9.79. The fourth-order valence-electron chi connectivity index (χ4n) is 1.75. The van der Waals surface area contributed by atoms with Gasteiger partial charge in [-0.1, -0.05) is 12.2 Å². The van der Waals surface area contributed by atoms with Gasteiger partial charge in [0.15, 0.2) is 11.5 Å². The minimum Gasteiger partial charge on any atom is -0.486 e. The van der Waals surface area contributed by atoms with E-state index in [9.17, 15) is 0 Å². The number of nitrogens with zero attached hydrogens (tertiary/aromatic N) is 1. The molecule has 1 aromatic heterocycles. The molecule has 0 atom stereocenters. The van der Waals surface area contributed by atoms with Crippen molar-refractivity contribution >= 4 is 12.2 Å². The third-order valence-corrected chi connectivity index (χ3v) is 2.76. The molecule has 86 valence electrons. The summed E-state index contributed by atoms with van der Waals surface area (Å²) in [6.45, 7) is 1.19. The van der Waals surface area contributed by atoms with Crippen molar-refractivity contribution in [2.45, 2.75) is 0 Å². The van der Waals surface area contributed by atoms with Gasteiger partial charge in [-0.25, -0.2) is 4.98 Å². The lowest BCUT2D eigenvalue weighted by Crippen LogP contribution is -2.15. The molecule has 3 rings (SSSR count). The highest BCUT2D eigenvalue weighted by molar-refractivity contribution is 7.71. The van der Waals surface area contributed by atoms with Crippen LogP contribution in [0.2, 0.25) is 0 Å². The molecule has 1 aliphatic rings. The standard InChI is InChI=1S/C12H10N2O2S/c17-12-6-9(13-7-14-12)8-1-2-10-11(5-8)16-4-3-15-10/h1-2,5-7H,3-4H2,(H,13,14,17). The Hall–Kier alpha value is -1.88. The summed E-state index contributed by atoms with van der Waals surface area (Å²) in [5.74, 6) is 1.55. The van der Waals surface area contributed by atoms with Crippen LogP contribution < -0.4 is 9.47 Å². The van der Waals surface area contributed by atoms with Gasteiger partial charge in [-0.3, -0.25) is 0 Å². The maximum atomic E-state index is 5.54. The molecule has 0 fully saturated rings. The summed E-state index contributed by atoms with van der Waals surface area (Å²) in [5.41, 5.74) is 1.92. The van der Waals surface area contributed by atoms with Gasteiger partial charge in [0.25, 0.3) is 0 Å². The zero-order valence-electron chi connectivity index (χ0n) is 8.97. The summed E-state index contributed by atoms with van der Waals surface area (Å²) < 4.78 is 11.6. The van der Waals surface area contributed by atoms with Crippen LogP contribution in [-0.4, -0.2) is 23.2 Å². The van der Waals surface area contributed by atoms with E-state index < -0.39 is 0 Å². The third-order valence-electron chi connectivity index (χ3n) is 2.53. The Balaban J connectivity index is 2.07. The Morgan fingerprint density at radius 3 is 2.76 bits per heavy atom. The first kappa shape index (κ1) is 10.3. The molecule has 1 aliphatic heterocycles. The van der Waals surface area contributed by atoms with Crippen molar-refractivity contribution in [1.82, 2.24) is 9.97 Å². The average molecular weight is 246 g/mol. The first-order valence-electron chi connectivity index (χ1n) is 5.28. The van der Waals surface area contributed by atoms with Crippen LogP contribution in [0.25, 0.3) is 11.3 Å². The summed E-state index contributed by atoms with van der Waals surface area (Å²) in [6.07, 6.45) is 1.59. The number of hydrogen-bond acceptors (Lipinski definition) is 4. The summed E-state index contributed by atoms with van der Waals surface area (Å²) >= 11 is 5.03. The second-order valence-electron chi connectivity index (χ2n) is 3.66. The fourth-order valence-corrected chi connectivity index (χ4v) is 1.92. The Bertz CT molecular complexity index is 609. The molecule has 5 heteroatoms. The minimum atomic E-state index is 0.564. The third kappa shape index (κ3) is 2.01. The summed E-state index contributed by atoms with van der Waals surface area (Å²) in [5, 5.41) is 0. The van der Waals surface area contributed by atoms with Gasteiger partial charge in [-0.2, -0.15) is 0 Å². The normalized spacial score (nSPS) is 13.4. The number of nitrogens with one attached hydrogen (secondary N) is 1. The van der Waals surface area contributed by atoms with E-state index in [1.165, 1.54) is 0 Å². The van der Waals surface area contributed by atoms with Gasteiger partial charge >= 0.3 is 0 Å². The van der Waals surface area contributed by atoms with Gasteiger partial charge in [0.1, 0.15) is 17.9 Å². The van der Waals surface area contributed by atoms with Crippen molar-refractivity contribution in [1.29, 1.82) is 0 Å². The van der Waals surface area contributed by atoms with Crippen LogP contribution in [0.1, 0.15) is 0 Å². The van der Waals surface area contributed by atoms with E-state index >= 15 is 0 Å². The Morgan fingerprint density at radius 1 is 1.12 bits per heavy atom. The predicted molar refractivity (Wildman–Crippen MR) is 65.8 cm³/mol. The molecule has 1 N–H and O–H groups in total. The first-order chi connectivity index (χ1) is 8.33. The molecule has 17 heavy (non-hydrogen) atoms. The molecular weight excluding hydrogens is 236 g/mol. The van der Waals surface area contributed by atoms with Crippen molar-refractivity contribution < 1.29 is 9.47 Å². The monoisotopic (exact) mass is 246 g/mol. The average Bonchev–Trinajstić information content (AvgIpc) is 2.38. The van der Waals surface area contributed by atoms with Crippen molar-refractivity contribution in [3.05, 3.63) is 35.2 Å². The molecule has 1 aromatic carbocycles. The van der Waals surface area contributed by atoms with Crippen molar-refractivity contribution in [2.75, 3.05) is 13.2 Å². The Kier molecular flexibility index (Phi) is 2.53. The number of aromatic amines is 1. The largest absolute Gasteiger partial charge is 0.486 e. The van der Waals surface area contributed by atoms with Gasteiger partial charge in [-0.05, 0) is 24.3 Å². The van der Waals surface area contributed by atoms with E-state index in [2.05, 4.69) is 9.97 Å². The molecule has 0 unspecified atom stereocenters. The fraction of sp³-hybridized carbons (Fsp3) is 0.167. The number of benzene rings is 1. The number of fused-ring (bicyclic) bond motifs is 1. The van der Waals surface area contributed by atoms with Crippen LogP contribution >= 0.6 is 12.2 Å². The smallest absolute Gasteiger partial charge is 0.162 e. The molecule has 0 amide bonds. The molecule has 0 saturated heterocycles. The molecule has 4 nitrogen and oxygen atoms in total. The van der Waals surface area contributed by atoms with E-state index in [-0.39, 0.29) is 0 Å². The summed E-state index contributed by atoms with van der Waals surface area (Å²) in [6, 6.07) is 7.63. The molecular formula is C12H10N2O2S. The van der Waals surface area contributed by atoms with Crippen molar-refractivity contribution in [3.63, 3.8) is 0 Å². The molecule has 0 radical (unpaired) electrons. The molecule has 0 saturated carbocycles.